The summed E-state index contributed by atoms with van der Waals surface area (Å²) in [5.41, 5.74) is 10.5. The van der Waals surface area contributed by atoms with Crippen LogP contribution in [0.15, 0.2) is 60.7 Å². The van der Waals surface area contributed by atoms with Crippen molar-refractivity contribution in [3.05, 3.63) is 71.8 Å². The summed E-state index contributed by atoms with van der Waals surface area (Å²) >= 11 is 0. The van der Waals surface area contributed by atoms with Gasteiger partial charge in [0, 0.05) is 12.1 Å². The second-order valence-electron chi connectivity index (χ2n) is 8.08. The minimum absolute atomic E-state index is 0.0162. The van der Waals surface area contributed by atoms with Gasteiger partial charge in [-0.1, -0.05) is 60.7 Å². The average Bonchev–Trinajstić information content (AvgIpc) is 3.20. The zero-order valence-corrected chi connectivity index (χ0v) is 17.8. The molecule has 1 saturated heterocycles. The van der Waals surface area contributed by atoms with Gasteiger partial charge in [0.1, 0.15) is 0 Å². The number of benzene rings is 2. The Morgan fingerprint density at radius 3 is 2.12 bits per heavy atom. The molecule has 0 bridgehead atoms. The molecule has 8 nitrogen and oxygen atoms in total. The van der Waals surface area contributed by atoms with Crippen LogP contribution in [-0.4, -0.2) is 57.6 Å². The van der Waals surface area contributed by atoms with E-state index in [1.165, 1.54) is 6.92 Å². The molecule has 2 aromatic rings. The molecule has 4 unspecified atom stereocenters. The molecule has 2 aromatic carbocycles. The van der Waals surface area contributed by atoms with Crippen LogP contribution in [0.4, 0.5) is 0 Å². The average molecular weight is 437 g/mol. The van der Waals surface area contributed by atoms with Crippen LogP contribution in [0.1, 0.15) is 29.3 Å². The zero-order chi connectivity index (χ0) is 23.5. The van der Waals surface area contributed by atoms with E-state index in [0.29, 0.717) is 0 Å². The van der Waals surface area contributed by atoms with Crippen molar-refractivity contribution in [3.8, 4) is 0 Å². The molecular weight excluding hydrogens is 410 g/mol. The number of carbonyl (C=O) groups excluding carboxylic acids is 3. The van der Waals surface area contributed by atoms with Crippen LogP contribution < -0.4 is 11.5 Å². The number of carboxylic acids is 1. The van der Waals surface area contributed by atoms with E-state index in [0.717, 1.165) is 10.5 Å². The molecule has 0 radical (unpaired) electrons. The topological polar surface area (TPSA) is 144 Å². The number of nitrogens with two attached hydrogens (primary N) is 2. The van der Waals surface area contributed by atoms with Crippen molar-refractivity contribution in [3.63, 3.8) is 0 Å². The lowest BCUT2D eigenvalue weighted by molar-refractivity contribution is -0.164. The number of rotatable bonds is 8. The number of likely N-dealkylation sites (tertiary alicyclic amines) is 1. The molecule has 4 atom stereocenters. The summed E-state index contributed by atoms with van der Waals surface area (Å²) in [5, 5.41) is 10.4. The predicted molar refractivity (Wildman–Crippen MR) is 118 cm³/mol. The third-order valence-corrected chi connectivity index (χ3v) is 5.94. The lowest BCUT2D eigenvalue weighted by Crippen LogP contribution is -2.68. The molecular formula is C24H27N3O5. The Bertz CT molecular complexity index is 1010. The molecule has 0 spiro atoms. The highest BCUT2D eigenvalue weighted by atomic mass is 16.4. The van der Waals surface area contributed by atoms with E-state index in [1.54, 1.807) is 54.6 Å². The Labute approximate surface area is 186 Å². The molecule has 168 valence electrons. The van der Waals surface area contributed by atoms with Crippen molar-refractivity contribution in [1.82, 2.24) is 4.90 Å². The molecule has 1 aliphatic rings. The first-order chi connectivity index (χ1) is 15.2. The number of carbonyl (C=O) groups is 4. The number of nitrogens with zero attached hydrogens (tertiary/aromatic N) is 1. The van der Waals surface area contributed by atoms with E-state index in [-0.39, 0.29) is 24.9 Å². The molecule has 0 aliphatic carbocycles. The smallest absolute Gasteiger partial charge is 0.338 e. The fourth-order valence-electron chi connectivity index (χ4n) is 4.40. The van der Waals surface area contributed by atoms with Crippen LogP contribution >= 0.6 is 0 Å². The van der Waals surface area contributed by atoms with Crippen LogP contribution in [0.5, 0.6) is 0 Å². The molecule has 32 heavy (non-hydrogen) atoms. The van der Waals surface area contributed by atoms with Gasteiger partial charge in [-0.2, -0.15) is 0 Å². The Hall–Kier alpha value is -3.36. The van der Waals surface area contributed by atoms with Gasteiger partial charge in [-0.15, -0.1) is 0 Å². The van der Waals surface area contributed by atoms with E-state index in [9.17, 15) is 24.3 Å². The van der Waals surface area contributed by atoms with Gasteiger partial charge in [-0.25, -0.2) is 4.79 Å². The normalized spacial score (nSPS) is 22.2. The summed E-state index contributed by atoms with van der Waals surface area (Å²) in [6.45, 7) is 1.33. The van der Waals surface area contributed by atoms with Gasteiger partial charge >= 0.3 is 5.97 Å². The van der Waals surface area contributed by atoms with E-state index in [1.807, 2.05) is 6.07 Å². The fourth-order valence-corrected chi connectivity index (χ4v) is 4.40. The molecule has 1 fully saturated rings. The van der Waals surface area contributed by atoms with Crippen LogP contribution in [0, 0.1) is 5.92 Å². The van der Waals surface area contributed by atoms with Gasteiger partial charge in [0.05, 0.1) is 18.0 Å². The van der Waals surface area contributed by atoms with Crippen LogP contribution in [-0.2, 0) is 20.8 Å². The number of carboxylic acid groups (broad SMARTS) is 1. The summed E-state index contributed by atoms with van der Waals surface area (Å²) in [6.07, 6.45) is 0.0868. The zero-order valence-electron chi connectivity index (χ0n) is 17.8. The first-order valence-electron chi connectivity index (χ1n) is 10.4. The van der Waals surface area contributed by atoms with Crippen LogP contribution in [0.2, 0.25) is 0 Å². The lowest BCUT2D eigenvalue weighted by atomic mass is 9.74. The Morgan fingerprint density at radius 2 is 1.59 bits per heavy atom. The maximum Gasteiger partial charge on any atom is 0.338 e. The maximum absolute atomic E-state index is 13.7. The second kappa shape index (κ2) is 9.42. The summed E-state index contributed by atoms with van der Waals surface area (Å²) < 4.78 is 0. The van der Waals surface area contributed by atoms with Crippen molar-refractivity contribution < 1.29 is 24.3 Å². The van der Waals surface area contributed by atoms with Crippen molar-refractivity contribution in [1.29, 1.82) is 0 Å². The molecule has 1 aliphatic heterocycles. The summed E-state index contributed by atoms with van der Waals surface area (Å²) in [6, 6.07) is 14.8. The summed E-state index contributed by atoms with van der Waals surface area (Å²) in [4.78, 5) is 53.6. The third kappa shape index (κ3) is 4.06. The maximum atomic E-state index is 13.7. The summed E-state index contributed by atoms with van der Waals surface area (Å²) in [5.74, 6) is -4.97. The number of aliphatic carboxylic acids is 1. The van der Waals surface area contributed by atoms with Gasteiger partial charge in [0.2, 0.25) is 11.4 Å². The molecule has 3 rings (SSSR count). The highest BCUT2D eigenvalue weighted by molar-refractivity contribution is 6.18. The van der Waals surface area contributed by atoms with E-state index in [2.05, 4.69) is 0 Å². The Morgan fingerprint density at radius 1 is 1.03 bits per heavy atom. The monoisotopic (exact) mass is 437 g/mol. The van der Waals surface area contributed by atoms with E-state index >= 15 is 0 Å². The molecule has 8 heteroatoms. The number of hydrogen-bond acceptors (Lipinski definition) is 6. The first-order valence-corrected chi connectivity index (χ1v) is 10.4. The third-order valence-electron chi connectivity index (χ3n) is 5.94. The molecule has 1 heterocycles. The standard InChI is InChI=1S/C24H27N3O5/c1-15(25)22(30)27-13-12-18(20(28)17-10-6-3-7-11-17)24(27,23(31)32)21(29)19(26)14-16-8-4-2-5-9-16/h2-11,15,18-19H,12-14,25-26H2,1H3,(H,31,32). The Kier molecular flexibility index (Phi) is 6.86. The summed E-state index contributed by atoms with van der Waals surface area (Å²) in [7, 11) is 0. The van der Waals surface area contributed by atoms with Gasteiger partial charge in [0.25, 0.3) is 0 Å². The second-order valence-corrected chi connectivity index (χ2v) is 8.08. The van der Waals surface area contributed by atoms with Crippen molar-refractivity contribution >= 4 is 23.4 Å². The van der Waals surface area contributed by atoms with Gasteiger partial charge in [-0.05, 0) is 25.3 Å². The Balaban J connectivity index is 2.09. The molecule has 0 saturated carbocycles. The first kappa shape index (κ1) is 23.3. The molecule has 0 aromatic heterocycles. The minimum atomic E-state index is -2.42. The van der Waals surface area contributed by atoms with Crippen LogP contribution in [0.3, 0.4) is 0 Å². The number of Topliss-reactive ketones (excluding diaryl/α,β-unsaturated/α-hetero) is 2. The predicted octanol–water partition coefficient (Wildman–Crippen LogP) is 1.03. The number of ketones is 2. The number of amides is 1. The van der Waals surface area contributed by atoms with Crippen molar-refractivity contribution in [2.75, 3.05) is 6.54 Å². The van der Waals surface area contributed by atoms with E-state index in [4.69, 9.17) is 11.5 Å². The highest BCUT2D eigenvalue weighted by Crippen LogP contribution is 2.40. The van der Waals surface area contributed by atoms with Crippen LogP contribution in [0.25, 0.3) is 0 Å². The largest absolute Gasteiger partial charge is 0.479 e. The van der Waals surface area contributed by atoms with Gasteiger partial charge in [-0.3, -0.25) is 14.4 Å². The molecule has 5 N–H and O–H groups in total. The van der Waals surface area contributed by atoms with Gasteiger partial charge < -0.3 is 21.5 Å². The highest BCUT2D eigenvalue weighted by Gasteiger charge is 2.65. The lowest BCUT2D eigenvalue weighted by Gasteiger charge is -2.39. The molecule has 1 amide bonds. The fraction of sp³-hybridized carbons (Fsp3) is 0.333. The van der Waals surface area contributed by atoms with Crippen molar-refractivity contribution in [2.24, 2.45) is 17.4 Å². The minimum Gasteiger partial charge on any atom is -0.479 e. The number of hydrogen-bond donors (Lipinski definition) is 3. The van der Waals surface area contributed by atoms with Gasteiger partial charge in [0.15, 0.2) is 11.6 Å². The quantitative estimate of drug-likeness (QED) is 0.413. The SMILES string of the molecule is CC(N)C(=O)N1CCC(C(=O)c2ccccc2)C1(C(=O)O)C(=O)C(N)Cc1ccccc1. The van der Waals surface area contributed by atoms with Crippen molar-refractivity contribution in [2.45, 2.75) is 37.4 Å². The van der Waals surface area contributed by atoms with E-state index < -0.39 is 47.0 Å².